The second-order valence-electron chi connectivity index (χ2n) is 4.79. The fourth-order valence-corrected chi connectivity index (χ4v) is 2.77. The van der Waals surface area contributed by atoms with Gasteiger partial charge >= 0.3 is 0 Å². The Morgan fingerprint density at radius 3 is 2.32 bits per heavy atom. The number of halogens is 2. The fraction of sp³-hybridized carbons (Fsp3) is 0.200. The van der Waals surface area contributed by atoms with Crippen molar-refractivity contribution in [2.45, 2.75) is 18.4 Å². The summed E-state index contributed by atoms with van der Waals surface area (Å²) in [6.45, 7) is 0. The van der Waals surface area contributed by atoms with Crippen LogP contribution in [0.3, 0.4) is 0 Å². The van der Waals surface area contributed by atoms with Gasteiger partial charge in [-0.1, -0.05) is 41.4 Å². The van der Waals surface area contributed by atoms with E-state index in [0.29, 0.717) is 22.0 Å². The minimum Gasteiger partial charge on any atom is -0.505 e. The second kappa shape index (κ2) is 4.95. The van der Waals surface area contributed by atoms with Crippen LogP contribution in [0.4, 0.5) is 5.69 Å². The fourth-order valence-electron chi connectivity index (χ4n) is 2.27. The third-order valence-corrected chi connectivity index (χ3v) is 3.96. The Hall–Kier alpha value is -1.38. The summed E-state index contributed by atoms with van der Waals surface area (Å²) in [6.07, 6.45) is 1.05. The molecule has 2 atom stereocenters. The summed E-state index contributed by atoms with van der Waals surface area (Å²) in [5, 5.41) is 13.6. The normalized spacial score (nSPS) is 21.2. The van der Waals surface area contributed by atoms with Gasteiger partial charge < -0.3 is 10.4 Å². The van der Waals surface area contributed by atoms with Crippen LogP contribution in [-0.2, 0) is 0 Å². The van der Waals surface area contributed by atoms with Gasteiger partial charge in [0.1, 0.15) is 0 Å². The molecular formula is C15H13Cl2NO. The number of nitrogens with one attached hydrogen (secondary N) is 1. The molecule has 1 saturated carbocycles. The highest BCUT2D eigenvalue weighted by molar-refractivity contribution is 6.37. The van der Waals surface area contributed by atoms with Crippen LogP contribution >= 0.6 is 23.2 Å². The first-order chi connectivity index (χ1) is 9.15. The average molecular weight is 294 g/mol. The van der Waals surface area contributed by atoms with Crippen molar-refractivity contribution < 1.29 is 5.11 Å². The van der Waals surface area contributed by atoms with Crippen molar-refractivity contribution >= 4 is 28.9 Å². The van der Waals surface area contributed by atoms with Gasteiger partial charge in [0, 0.05) is 17.6 Å². The molecule has 0 heterocycles. The first-order valence-electron chi connectivity index (χ1n) is 6.14. The average Bonchev–Trinajstić information content (AvgIpc) is 3.16. The summed E-state index contributed by atoms with van der Waals surface area (Å²) >= 11 is 11.9. The highest BCUT2D eigenvalue weighted by atomic mass is 35.5. The van der Waals surface area contributed by atoms with Crippen LogP contribution in [0, 0.1) is 0 Å². The molecular weight excluding hydrogens is 281 g/mol. The van der Waals surface area contributed by atoms with Crippen LogP contribution in [0.25, 0.3) is 0 Å². The number of rotatable bonds is 3. The number of benzene rings is 2. The summed E-state index contributed by atoms with van der Waals surface area (Å²) in [6, 6.07) is 14.1. The van der Waals surface area contributed by atoms with Crippen molar-refractivity contribution in [3.8, 4) is 5.75 Å². The lowest BCUT2D eigenvalue weighted by Crippen LogP contribution is -2.03. The van der Waals surface area contributed by atoms with Crippen molar-refractivity contribution in [2.75, 3.05) is 5.32 Å². The largest absolute Gasteiger partial charge is 0.505 e. The van der Waals surface area contributed by atoms with Gasteiger partial charge in [-0.05, 0) is 36.2 Å². The number of phenolic OH excluding ortho intramolecular Hbond substituents is 1. The minimum atomic E-state index is -0.0414. The van der Waals surface area contributed by atoms with E-state index < -0.39 is 0 Å². The highest BCUT2D eigenvalue weighted by Gasteiger charge is 2.38. The lowest BCUT2D eigenvalue weighted by molar-refractivity contribution is 0.475. The summed E-state index contributed by atoms with van der Waals surface area (Å²) in [5.74, 6) is 0.358. The van der Waals surface area contributed by atoms with E-state index in [0.717, 1.165) is 17.7 Å². The van der Waals surface area contributed by atoms with Gasteiger partial charge in [0.15, 0.2) is 5.75 Å². The monoisotopic (exact) mass is 293 g/mol. The number of para-hydroxylation sites is 1. The Balaban J connectivity index is 1.73. The second-order valence-corrected chi connectivity index (χ2v) is 5.61. The smallest absolute Gasteiger partial charge is 0.152 e. The Labute approximate surface area is 122 Å². The first-order valence-corrected chi connectivity index (χ1v) is 6.90. The van der Waals surface area contributed by atoms with E-state index in [2.05, 4.69) is 5.32 Å². The predicted octanol–water partition coefficient (Wildman–Crippen LogP) is 4.67. The van der Waals surface area contributed by atoms with Gasteiger partial charge in [0.25, 0.3) is 0 Å². The van der Waals surface area contributed by atoms with E-state index >= 15 is 0 Å². The van der Waals surface area contributed by atoms with E-state index in [1.807, 2.05) is 30.3 Å². The molecule has 1 aliphatic rings. The van der Waals surface area contributed by atoms with E-state index in [1.54, 1.807) is 12.1 Å². The van der Waals surface area contributed by atoms with Crippen LogP contribution in [0.15, 0.2) is 42.5 Å². The molecule has 0 spiro atoms. The van der Waals surface area contributed by atoms with Crippen LogP contribution in [0.1, 0.15) is 17.9 Å². The third-order valence-electron chi connectivity index (χ3n) is 3.38. The predicted molar refractivity (Wildman–Crippen MR) is 79.3 cm³/mol. The molecule has 2 aromatic rings. The summed E-state index contributed by atoms with van der Waals surface area (Å²) in [5.41, 5.74) is 2.19. The zero-order chi connectivity index (χ0) is 13.4. The van der Waals surface area contributed by atoms with Gasteiger partial charge in [0.2, 0.25) is 0 Å². The SMILES string of the molecule is Oc1c(Cl)cc(C2CC2Nc2ccccc2)cc1Cl. The molecule has 2 unspecified atom stereocenters. The molecule has 3 rings (SSSR count). The third kappa shape index (κ3) is 2.65. The van der Waals surface area contributed by atoms with Gasteiger partial charge in [-0.2, -0.15) is 0 Å². The van der Waals surface area contributed by atoms with E-state index in [-0.39, 0.29) is 5.75 Å². The lowest BCUT2D eigenvalue weighted by Gasteiger charge is -2.07. The minimum absolute atomic E-state index is 0.0414. The Morgan fingerprint density at radius 1 is 1.05 bits per heavy atom. The number of anilines is 1. The Bertz CT molecular complexity index is 577. The molecule has 98 valence electrons. The quantitative estimate of drug-likeness (QED) is 0.862. The highest BCUT2D eigenvalue weighted by Crippen LogP contribution is 2.46. The number of hydrogen-bond acceptors (Lipinski definition) is 2. The Kier molecular flexibility index (Phi) is 3.29. The van der Waals surface area contributed by atoms with Crippen LogP contribution < -0.4 is 5.32 Å². The maximum absolute atomic E-state index is 9.55. The molecule has 1 aliphatic carbocycles. The molecule has 0 aromatic heterocycles. The van der Waals surface area contributed by atoms with Gasteiger partial charge in [-0.15, -0.1) is 0 Å². The zero-order valence-corrected chi connectivity index (χ0v) is 11.6. The van der Waals surface area contributed by atoms with E-state index in [1.165, 1.54) is 0 Å². The van der Waals surface area contributed by atoms with Gasteiger partial charge in [0.05, 0.1) is 10.0 Å². The molecule has 0 radical (unpaired) electrons. The van der Waals surface area contributed by atoms with E-state index in [9.17, 15) is 5.11 Å². The van der Waals surface area contributed by atoms with Crippen molar-refractivity contribution in [2.24, 2.45) is 0 Å². The summed E-state index contributed by atoms with van der Waals surface area (Å²) in [4.78, 5) is 0. The topological polar surface area (TPSA) is 32.3 Å². The molecule has 0 saturated heterocycles. The Morgan fingerprint density at radius 2 is 1.68 bits per heavy atom. The molecule has 19 heavy (non-hydrogen) atoms. The summed E-state index contributed by atoms with van der Waals surface area (Å²) < 4.78 is 0. The molecule has 2 aromatic carbocycles. The van der Waals surface area contributed by atoms with E-state index in [4.69, 9.17) is 23.2 Å². The maximum atomic E-state index is 9.55. The standard InChI is InChI=1S/C15H13Cl2NO/c16-12-6-9(7-13(17)15(12)19)11-8-14(11)18-10-4-2-1-3-5-10/h1-7,11,14,18-19H,8H2. The lowest BCUT2D eigenvalue weighted by atomic mass is 10.1. The number of aromatic hydroxyl groups is 1. The van der Waals surface area contributed by atoms with Crippen molar-refractivity contribution in [1.82, 2.24) is 0 Å². The molecule has 0 amide bonds. The summed E-state index contributed by atoms with van der Waals surface area (Å²) in [7, 11) is 0. The van der Waals surface area contributed by atoms with Crippen LogP contribution in [-0.4, -0.2) is 11.1 Å². The molecule has 0 bridgehead atoms. The molecule has 2 N–H and O–H groups in total. The zero-order valence-electron chi connectivity index (χ0n) is 10.1. The van der Waals surface area contributed by atoms with Gasteiger partial charge in [-0.3, -0.25) is 0 Å². The molecule has 4 heteroatoms. The molecule has 2 nitrogen and oxygen atoms in total. The van der Waals surface area contributed by atoms with Crippen LogP contribution in [0.2, 0.25) is 10.0 Å². The first kappa shape index (κ1) is 12.6. The van der Waals surface area contributed by atoms with Crippen molar-refractivity contribution in [1.29, 1.82) is 0 Å². The molecule has 1 fully saturated rings. The van der Waals surface area contributed by atoms with Gasteiger partial charge in [-0.25, -0.2) is 0 Å². The maximum Gasteiger partial charge on any atom is 0.152 e. The number of phenols is 1. The van der Waals surface area contributed by atoms with Crippen LogP contribution in [0.5, 0.6) is 5.75 Å². The number of hydrogen-bond donors (Lipinski definition) is 2. The van der Waals surface area contributed by atoms with Crippen molar-refractivity contribution in [3.63, 3.8) is 0 Å². The van der Waals surface area contributed by atoms with Crippen molar-refractivity contribution in [3.05, 3.63) is 58.1 Å². The molecule has 0 aliphatic heterocycles.